The van der Waals surface area contributed by atoms with Crippen molar-refractivity contribution in [1.29, 1.82) is 0 Å². The van der Waals surface area contributed by atoms with Gasteiger partial charge in [0.15, 0.2) is 0 Å². The van der Waals surface area contributed by atoms with E-state index in [4.69, 9.17) is 0 Å². The van der Waals surface area contributed by atoms with E-state index in [9.17, 15) is 4.79 Å². The molecule has 3 rings (SSSR count). The van der Waals surface area contributed by atoms with E-state index in [1.807, 2.05) is 31.4 Å². The predicted molar refractivity (Wildman–Crippen MR) is 83.4 cm³/mol. The van der Waals surface area contributed by atoms with Gasteiger partial charge >= 0.3 is 0 Å². The highest BCUT2D eigenvalue weighted by molar-refractivity contribution is 7.09. The van der Waals surface area contributed by atoms with Crippen molar-refractivity contribution in [1.82, 2.24) is 15.3 Å². The number of amides is 1. The lowest BCUT2D eigenvalue weighted by Gasteiger charge is -2.28. The molecule has 2 aromatic heterocycles. The molecule has 21 heavy (non-hydrogen) atoms. The van der Waals surface area contributed by atoms with Gasteiger partial charge in [0.05, 0.1) is 5.54 Å². The summed E-state index contributed by atoms with van der Waals surface area (Å²) < 4.78 is 0. The molecular weight excluding hydrogens is 282 g/mol. The zero-order valence-corrected chi connectivity index (χ0v) is 13.2. The summed E-state index contributed by atoms with van der Waals surface area (Å²) in [4.78, 5) is 21.5. The first kappa shape index (κ1) is 14.2. The molecule has 2 heterocycles. The van der Waals surface area contributed by atoms with E-state index in [0.29, 0.717) is 5.69 Å². The van der Waals surface area contributed by atoms with Gasteiger partial charge in [-0.15, -0.1) is 11.3 Å². The van der Waals surface area contributed by atoms with Crippen LogP contribution in [-0.4, -0.2) is 15.9 Å². The molecule has 0 aliphatic heterocycles. The number of nitrogens with zero attached hydrogens (tertiary/aromatic N) is 2. The molecule has 0 aromatic carbocycles. The van der Waals surface area contributed by atoms with Crippen molar-refractivity contribution in [3.05, 3.63) is 45.7 Å². The predicted octanol–water partition coefficient (Wildman–Crippen LogP) is 3.35. The van der Waals surface area contributed by atoms with E-state index in [1.165, 1.54) is 0 Å². The lowest BCUT2D eigenvalue weighted by atomic mass is 9.98. The average molecular weight is 301 g/mol. The van der Waals surface area contributed by atoms with Crippen molar-refractivity contribution in [3.63, 3.8) is 0 Å². The molecule has 1 fully saturated rings. The van der Waals surface area contributed by atoms with Crippen molar-refractivity contribution < 1.29 is 4.79 Å². The number of thiazole rings is 1. The molecule has 110 valence electrons. The second-order valence-corrected chi connectivity index (χ2v) is 6.56. The van der Waals surface area contributed by atoms with Gasteiger partial charge in [0, 0.05) is 16.8 Å². The Morgan fingerprint density at radius 1 is 1.19 bits per heavy atom. The Bertz CT molecular complexity index is 659. The maximum Gasteiger partial charge on any atom is 0.270 e. The third-order valence-electron chi connectivity index (χ3n) is 3.96. The average Bonchev–Trinajstić information content (AvgIpc) is 3.09. The zero-order valence-electron chi connectivity index (χ0n) is 12.3. The molecule has 2 aromatic rings. The topological polar surface area (TPSA) is 54.9 Å². The van der Waals surface area contributed by atoms with Gasteiger partial charge in [-0.2, -0.15) is 0 Å². The Morgan fingerprint density at radius 3 is 2.57 bits per heavy atom. The number of rotatable bonds is 3. The van der Waals surface area contributed by atoms with E-state index in [-0.39, 0.29) is 11.4 Å². The van der Waals surface area contributed by atoms with Crippen LogP contribution in [0.2, 0.25) is 0 Å². The van der Waals surface area contributed by atoms with Crippen LogP contribution in [0.4, 0.5) is 0 Å². The number of aromatic nitrogens is 2. The molecule has 4 nitrogen and oxygen atoms in total. The minimum atomic E-state index is -0.304. The Labute approximate surface area is 128 Å². The first-order chi connectivity index (χ1) is 10.1. The number of carbonyl (C=O) groups is 1. The largest absolute Gasteiger partial charge is 0.339 e. The summed E-state index contributed by atoms with van der Waals surface area (Å²) in [5, 5.41) is 6.29. The van der Waals surface area contributed by atoms with Crippen molar-refractivity contribution in [3.8, 4) is 0 Å². The molecular formula is C16H19N3OS. The van der Waals surface area contributed by atoms with Gasteiger partial charge < -0.3 is 5.32 Å². The maximum absolute atomic E-state index is 12.5. The van der Waals surface area contributed by atoms with E-state index in [2.05, 4.69) is 15.3 Å². The zero-order chi connectivity index (χ0) is 14.9. The lowest BCUT2D eigenvalue weighted by Crippen LogP contribution is -2.44. The Morgan fingerprint density at radius 2 is 1.95 bits per heavy atom. The third-order valence-corrected chi connectivity index (χ3v) is 5.12. The SMILES string of the molecule is Cc1cccc(C(=O)NC2(c3nc(C)cs3)CCCC2)n1. The van der Waals surface area contributed by atoms with E-state index in [0.717, 1.165) is 42.1 Å². The fraction of sp³-hybridized carbons (Fsp3) is 0.438. The summed E-state index contributed by atoms with van der Waals surface area (Å²) in [7, 11) is 0. The van der Waals surface area contributed by atoms with Gasteiger partial charge in [-0.3, -0.25) is 4.79 Å². The molecule has 5 heteroatoms. The molecule has 1 amide bonds. The fourth-order valence-corrected chi connectivity index (χ4v) is 3.91. The Kier molecular flexibility index (Phi) is 3.76. The molecule has 0 atom stereocenters. The van der Waals surface area contributed by atoms with Crippen molar-refractivity contribution >= 4 is 17.2 Å². The third kappa shape index (κ3) is 2.83. The van der Waals surface area contributed by atoms with Crippen LogP contribution < -0.4 is 5.32 Å². The Hall–Kier alpha value is -1.75. The van der Waals surface area contributed by atoms with Gasteiger partial charge in [-0.1, -0.05) is 18.9 Å². The molecule has 0 saturated heterocycles. The van der Waals surface area contributed by atoms with E-state index < -0.39 is 0 Å². The second-order valence-electron chi connectivity index (χ2n) is 5.70. The summed E-state index contributed by atoms with van der Waals surface area (Å²) in [5.74, 6) is -0.103. The van der Waals surface area contributed by atoms with Crippen LogP contribution in [0.25, 0.3) is 0 Å². The second kappa shape index (κ2) is 5.56. The number of hydrogen-bond donors (Lipinski definition) is 1. The maximum atomic E-state index is 12.5. The standard InChI is InChI=1S/C16H19N3OS/c1-11-6-5-7-13(17-11)14(20)19-16(8-3-4-9-16)15-18-12(2)10-21-15/h5-7,10H,3-4,8-9H2,1-2H3,(H,19,20). The summed E-state index contributed by atoms with van der Waals surface area (Å²) in [6.45, 7) is 3.89. The molecule has 1 N–H and O–H groups in total. The number of aryl methyl sites for hydroxylation is 2. The molecule has 1 aliphatic rings. The highest BCUT2D eigenvalue weighted by Gasteiger charge is 2.39. The summed E-state index contributed by atoms with van der Waals surface area (Å²) in [5.41, 5.74) is 2.05. The highest BCUT2D eigenvalue weighted by atomic mass is 32.1. The number of hydrogen-bond acceptors (Lipinski definition) is 4. The van der Waals surface area contributed by atoms with Gasteiger partial charge in [0.1, 0.15) is 10.7 Å². The summed E-state index contributed by atoms with van der Waals surface area (Å²) >= 11 is 1.64. The molecule has 1 aliphatic carbocycles. The molecule has 0 radical (unpaired) electrons. The molecule has 0 unspecified atom stereocenters. The van der Waals surface area contributed by atoms with E-state index >= 15 is 0 Å². The first-order valence-electron chi connectivity index (χ1n) is 7.28. The van der Waals surface area contributed by atoms with Crippen LogP contribution in [-0.2, 0) is 5.54 Å². The number of carbonyl (C=O) groups excluding carboxylic acids is 1. The fourth-order valence-electron chi connectivity index (χ4n) is 2.90. The highest BCUT2D eigenvalue weighted by Crippen LogP contribution is 2.40. The van der Waals surface area contributed by atoms with Gasteiger partial charge in [-0.25, -0.2) is 9.97 Å². The van der Waals surface area contributed by atoms with Crippen molar-refractivity contribution in [2.75, 3.05) is 0 Å². The minimum absolute atomic E-state index is 0.103. The van der Waals surface area contributed by atoms with Crippen LogP contribution in [0.1, 0.15) is 52.6 Å². The lowest BCUT2D eigenvalue weighted by molar-refractivity contribution is 0.0892. The molecule has 0 spiro atoms. The van der Waals surface area contributed by atoms with Crippen molar-refractivity contribution in [2.24, 2.45) is 0 Å². The summed E-state index contributed by atoms with van der Waals surface area (Å²) in [6, 6.07) is 5.52. The van der Waals surface area contributed by atoms with Crippen LogP contribution in [0.15, 0.2) is 23.6 Å². The van der Waals surface area contributed by atoms with Gasteiger partial charge in [0.25, 0.3) is 5.91 Å². The van der Waals surface area contributed by atoms with Crippen LogP contribution in [0, 0.1) is 13.8 Å². The number of pyridine rings is 1. The normalized spacial score (nSPS) is 16.9. The minimum Gasteiger partial charge on any atom is -0.339 e. The van der Waals surface area contributed by atoms with E-state index in [1.54, 1.807) is 17.4 Å². The van der Waals surface area contributed by atoms with Crippen LogP contribution in [0.3, 0.4) is 0 Å². The van der Waals surface area contributed by atoms with Crippen LogP contribution in [0.5, 0.6) is 0 Å². The first-order valence-corrected chi connectivity index (χ1v) is 8.16. The number of nitrogens with one attached hydrogen (secondary N) is 1. The Balaban J connectivity index is 1.87. The smallest absolute Gasteiger partial charge is 0.270 e. The molecule has 0 bridgehead atoms. The van der Waals surface area contributed by atoms with Crippen LogP contribution >= 0.6 is 11.3 Å². The monoisotopic (exact) mass is 301 g/mol. The van der Waals surface area contributed by atoms with Gasteiger partial charge in [0.2, 0.25) is 0 Å². The van der Waals surface area contributed by atoms with Crippen molar-refractivity contribution in [2.45, 2.75) is 45.1 Å². The summed E-state index contributed by atoms with van der Waals surface area (Å²) in [6.07, 6.45) is 4.16. The van der Waals surface area contributed by atoms with Gasteiger partial charge in [-0.05, 0) is 38.8 Å². The quantitative estimate of drug-likeness (QED) is 0.946. The molecule has 1 saturated carbocycles.